The summed E-state index contributed by atoms with van der Waals surface area (Å²) in [5.41, 5.74) is 4.19. The molecule has 0 aliphatic carbocycles. The molecule has 0 saturated carbocycles. The van der Waals surface area contributed by atoms with Crippen LogP contribution in [0.25, 0.3) is 0 Å². The van der Waals surface area contributed by atoms with E-state index in [0.717, 1.165) is 31.9 Å². The lowest BCUT2D eigenvalue weighted by Gasteiger charge is -2.04. The first-order valence-corrected chi connectivity index (χ1v) is 4.42. The first kappa shape index (κ1) is 6.49. The monoisotopic (exact) mass is 161 g/mol. The third-order valence-corrected chi connectivity index (χ3v) is 2.67. The van der Waals surface area contributed by atoms with E-state index < -0.39 is 0 Å². The topological polar surface area (TPSA) is 21.3 Å². The van der Waals surface area contributed by atoms with Crippen molar-refractivity contribution < 1.29 is 4.74 Å². The summed E-state index contributed by atoms with van der Waals surface area (Å²) in [7, 11) is 0. The molecule has 2 nitrogen and oxygen atoms in total. The summed E-state index contributed by atoms with van der Waals surface area (Å²) in [5, 5.41) is 3.34. The average molecular weight is 161 g/mol. The van der Waals surface area contributed by atoms with Crippen molar-refractivity contribution in [3.05, 3.63) is 28.8 Å². The molecule has 0 atom stereocenters. The van der Waals surface area contributed by atoms with E-state index in [4.69, 9.17) is 4.74 Å². The predicted octanol–water partition coefficient (Wildman–Crippen LogP) is 1.22. The molecule has 1 N–H and O–H groups in total. The maximum atomic E-state index is 5.60. The zero-order valence-electron chi connectivity index (χ0n) is 6.89. The Balaban J connectivity index is 2.24. The van der Waals surface area contributed by atoms with Crippen molar-refractivity contribution in [3.8, 4) is 5.75 Å². The van der Waals surface area contributed by atoms with E-state index >= 15 is 0 Å². The fourth-order valence-electron chi connectivity index (χ4n) is 2.04. The Morgan fingerprint density at radius 1 is 1.17 bits per heavy atom. The molecule has 0 bridgehead atoms. The summed E-state index contributed by atoms with van der Waals surface area (Å²) in [5.74, 6) is 1.16. The van der Waals surface area contributed by atoms with E-state index in [1.807, 2.05) is 0 Å². The van der Waals surface area contributed by atoms with Crippen LogP contribution in [0.5, 0.6) is 5.75 Å². The molecule has 2 heterocycles. The van der Waals surface area contributed by atoms with Gasteiger partial charge in [-0.2, -0.15) is 0 Å². The lowest BCUT2D eigenvalue weighted by molar-refractivity contribution is 0.353. The second-order valence-electron chi connectivity index (χ2n) is 3.39. The van der Waals surface area contributed by atoms with Gasteiger partial charge in [-0.15, -0.1) is 0 Å². The molecule has 2 aliphatic rings. The lowest BCUT2D eigenvalue weighted by Crippen LogP contribution is -2.00. The Kier molecular flexibility index (Phi) is 1.21. The SMILES string of the molecule is c1cc2c(c3c1CNC3)OCC2. The van der Waals surface area contributed by atoms with Gasteiger partial charge in [0.15, 0.2) is 0 Å². The van der Waals surface area contributed by atoms with Crippen LogP contribution in [-0.2, 0) is 19.5 Å². The van der Waals surface area contributed by atoms with Gasteiger partial charge in [0.1, 0.15) is 5.75 Å². The van der Waals surface area contributed by atoms with Crippen LogP contribution in [0.2, 0.25) is 0 Å². The van der Waals surface area contributed by atoms with Gasteiger partial charge >= 0.3 is 0 Å². The Morgan fingerprint density at radius 3 is 3.08 bits per heavy atom. The molecule has 3 rings (SSSR count). The standard InChI is InChI=1S/C10H11NO/c1-2-8-5-11-6-9(8)10-7(1)3-4-12-10/h1-2,11H,3-6H2. The molecule has 62 valence electrons. The number of rotatable bonds is 0. The van der Waals surface area contributed by atoms with Gasteiger partial charge in [0.2, 0.25) is 0 Å². The highest BCUT2D eigenvalue weighted by Gasteiger charge is 2.21. The number of hydrogen-bond acceptors (Lipinski definition) is 2. The van der Waals surface area contributed by atoms with E-state index in [1.54, 1.807) is 0 Å². The molecule has 0 saturated heterocycles. The van der Waals surface area contributed by atoms with Crippen molar-refractivity contribution in [2.75, 3.05) is 6.61 Å². The van der Waals surface area contributed by atoms with Crippen molar-refractivity contribution >= 4 is 0 Å². The third kappa shape index (κ3) is 0.730. The zero-order valence-corrected chi connectivity index (χ0v) is 6.89. The van der Waals surface area contributed by atoms with Gasteiger partial charge in [0.25, 0.3) is 0 Å². The number of ether oxygens (including phenoxy) is 1. The second-order valence-corrected chi connectivity index (χ2v) is 3.39. The average Bonchev–Trinajstić information content (AvgIpc) is 2.71. The Morgan fingerprint density at radius 2 is 2.08 bits per heavy atom. The largest absolute Gasteiger partial charge is 0.493 e. The highest BCUT2D eigenvalue weighted by molar-refractivity contribution is 5.49. The van der Waals surface area contributed by atoms with E-state index in [-0.39, 0.29) is 0 Å². The minimum absolute atomic E-state index is 0.867. The van der Waals surface area contributed by atoms with Crippen molar-refractivity contribution in [1.82, 2.24) is 5.32 Å². The molecule has 0 spiro atoms. The molecule has 2 heteroatoms. The summed E-state index contributed by atoms with van der Waals surface area (Å²) in [6, 6.07) is 4.43. The van der Waals surface area contributed by atoms with Gasteiger partial charge in [0, 0.05) is 25.1 Å². The fraction of sp³-hybridized carbons (Fsp3) is 0.400. The minimum atomic E-state index is 0.867. The van der Waals surface area contributed by atoms with Crippen LogP contribution in [-0.4, -0.2) is 6.61 Å². The highest BCUT2D eigenvalue weighted by Crippen LogP contribution is 2.33. The molecule has 0 amide bonds. The number of fused-ring (bicyclic) bond motifs is 3. The summed E-state index contributed by atoms with van der Waals surface area (Å²) >= 11 is 0. The third-order valence-electron chi connectivity index (χ3n) is 2.67. The van der Waals surface area contributed by atoms with Gasteiger partial charge in [-0.3, -0.25) is 0 Å². The first-order valence-electron chi connectivity index (χ1n) is 4.42. The van der Waals surface area contributed by atoms with E-state index in [2.05, 4.69) is 17.4 Å². The molecule has 0 aromatic heterocycles. The number of hydrogen-bond donors (Lipinski definition) is 1. The number of nitrogens with one attached hydrogen (secondary N) is 1. The molecule has 1 aromatic carbocycles. The fourth-order valence-corrected chi connectivity index (χ4v) is 2.04. The van der Waals surface area contributed by atoms with E-state index in [1.165, 1.54) is 16.7 Å². The van der Waals surface area contributed by atoms with Crippen LogP contribution in [0.3, 0.4) is 0 Å². The normalized spacial score (nSPS) is 18.7. The predicted molar refractivity (Wildman–Crippen MR) is 46.2 cm³/mol. The van der Waals surface area contributed by atoms with Crippen LogP contribution in [0, 0.1) is 0 Å². The smallest absolute Gasteiger partial charge is 0.127 e. The summed E-state index contributed by atoms with van der Waals surface area (Å²) in [6.07, 6.45) is 1.09. The van der Waals surface area contributed by atoms with Gasteiger partial charge < -0.3 is 10.1 Å². The second kappa shape index (κ2) is 2.23. The lowest BCUT2D eigenvalue weighted by atomic mass is 10.0. The molecular weight excluding hydrogens is 150 g/mol. The first-order chi connectivity index (χ1) is 5.95. The van der Waals surface area contributed by atoms with Gasteiger partial charge in [0.05, 0.1) is 6.61 Å². The minimum Gasteiger partial charge on any atom is -0.493 e. The van der Waals surface area contributed by atoms with Crippen LogP contribution < -0.4 is 10.1 Å². The van der Waals surface area contributed by atoms with Gasteiger partial charge in [-0.05, 0) is 11.1 Å². The van der Waals surface area contributed by atoms with Gasteiger partial charge in [-0.1, -0.05) is 12.1 Å². The van der Waals surface area contributed by atoms with Crippen LogP contribution in [0.1, 0.15) is 16.7 Å². The summed E-state index contributed by atoms with van der Waals surface area (Å²) in [4.78, 5) is 0. The molecule has 1 aromatic rings. The molecule has 0 unspecified atom stereocenters. The summed E-state index contributed by atoms with van der Waals surface area (Å²) in [6.45, 7) is 2.86. The maximum absolute atomic E-state index is 5.60. The Hall–Kier alpha value is -1.02. The molecule has 12 heavy (non-hydrogen) atoms. The van der Waals surface area contributed by atoms with E-state index in [9.17, 15) is 0 Å². The molecule has 0 radical (unpaired) electrons. The molecule has 2 aliphatic heterocycles. The maximum Gasteiger partial charge on any atom is 0.127 e. The summed E-state index contributed by atoms with van der Waals surface area (Å²) < 4.78 is 5.60. The quantitative estimate of drug-likeness (QED) is 0.617. The van der Waals surface area contributed by atoms with E-state index in [0.29, 0.717) is 0 Å². The van der Waals surface area contributed by atoms with Crippen molar-refractivity contribution in [1.29, 1.82) is 0 Å². The highest BCUT2D eigenvalue weighted by atomic mass is 16.5. The Bertz CT molecular complexity index is 300. The van der Waals surface area contributed by atoms with Crippen LogP contribution in [0.4, 0.5) is 0 Å². The molecular formula is C10H11NO. The van der Waals surface area contributed by atoms with Crippen molar-refractivity contribution in [2.45, 2.75) is 19.5 Å². The molecule has 0 fully saturated rings. The zero-order chi connectivity index (χ0) is 7.97. The van der Waals surface area contributed by atoms with Gasteiger partial charge in [-0.25, -0.2) is 0 Å². The Labute approximate surface area is 71.5 Å². The number of benzene rings is 1. The van der Waals surface area contributed by atoms with Crippen molar-refractivity contribution in [3.63, 3.8) is 0 Å². The van der Waals surface area contributed by atoms with Crippen LogP contribution in [0.15, 0.2) is 12.1 Å². The van der Waals surface area contributed by atoms with Crippen molar-refractivity contribution in [2.24, 2.45) is 0 Å². The van der Waals surface area contributed by atoms with Crippen LogP contribution >= 0.6 is 0 Å².